The molecular weight excluding hydrogens is 286 g/mol. The fourth-order valence-corrected chi connectivity index (χ4v) is 1.71. The van der Waals surface area contributed by atoms with E-state index in [1.54, 1.807) is 0 Å². The van der Waals surface area contributed by atoms with Crippen LogP contribution in [-0.4, -0.2) is 17.8 Å². The third-order valence-corrected chi connectivity index (χ3v) is 2.71. The molecule has 0 rings (SSSR count). The van der Waals surface area contributed by atoms with Gasteiger partial charge in [-0.25, -0.2) is 4.79 Å². The summed E-state index contributed by atoms with van der Waals surface area (Å²) in [7, 11) is 0. The number of hydrogen-bond donors (Lipinski definition) is 1. The summed E-state index contributed by atoms with van der Waals surface area (Å²) in [4.78, 5) is 17.9. The van der Waals surface area contributed by atoms with Crippen molar-refractivity contribution < 1.29 is 107 Å². The summed E-state index contributed by atoms with van der Waals surface area (Å²) in [5.74, 6) is -0.550. The molecule has 0 heterocycles. The van der Waals surface area contributed by atoms with Gasteiger partial charge < -0.3 is 16.5 Å². The monoisotopic (exact) mass is 310 g/mol. The summed E-state index contributed by atoms with van der Waals surface area (Å²) < 4.78 is 0. The van der Waals surface area contributed by atoms with Crippen molar-refractivity contribution >= 4 is 5.97 Å². The molecule has 7 heteroatoms. The van der Waals surface area contributed by atoms with Gasteiger partial charge in [-0.1, -0.05) is 44.9 Å². The van der Waals surface area contributed by atoms with Crippen LogP contribution in [0.1, 0.15) is 65.6 Å². The Balaban J connectivity index is -0.000000427. The van der Waals surface area contributed by atoms with E-state index in [0.29, 0.717) is 13.0 Å². The molecule has 0 unspecified atom stereocenters. The van der Waals surface area contributed by atoms with Gasteiger partial charge in [0.2, 0.25) is 0 Å². The van der Waals surface area contributed by atoms with E-state index in [0.717, 1.165) is 38.5 Å². The number of carbonyl (C=O) groups is 1. The van der Waals surface area contributed by atoms with Gasteiger partial charge in [0.1, 0.15) is 0 Å². The third-order valence-electron chi connectivity index (χ3n) is 2.71. The average Bonchev–Trinajstić information content (AvgIpc) is 2.35. The fourth-order valence-electron chi connectivity index (χ4n) is 1.71. The Hall–Kier alpha value is 1.99. The largest absolute Gasteiger partial charge is 1.00 e. The van der Waals surface area contributed by atoms with Crippen LogP contribution < -0.4 is 86.2 Å². The minimum absolute atomic E-state index is 0. The molecule has 0 atom stereocenters. The summed E-state index contributed by atoms with van der Waals surface area (Å²) in [6, 6.07) is 0. The van der Waals surface area contributed by atoms with Gasteiger partial charge in [-0.2, -0.15) is 5.26 Å². The zero-order valence-electron chi connectivity index (χ0n) is 13.4. The molecule has 0 bridgehead atoms. The Kier molecular flexibility index (Phi) is 30.4. The van der Waals surface area contributed by atoms with Crippen LogP contribution in [0, 0.1) is 0 Å². The Bertz CT molecular complexity index is 189. The molecule has 5 nitrogen and oxygen atoms in total. The van der Waals surface area contributed by atoms with Gasteiger partial charge in [0.25, 0.3) is 0 Å². The molecule has 0 aliphatic heterocycles. The van der Waals surface area contributed by atoms with E-state index >= 15 is 0 Å². The molecule has 0 saturated heterocycles. The van der Waals surface area contributed by atoms with Crippen LogP contribution in [0.2, 0.25) is 0 Å². The van der Waals surface area contributed by atoms with Crippen LogP contribution in [-0.2, 0) is 14.6 Å². The van der Waals surface area contributed by atoms with E-state index in [-0.39, 0.29) is 82.4 Å². The molecule has 0 aliphatic carbocycles. The number of hydrogen-bond acceptors (Lipinski definition) is 5. The molecule has 104 valence electrons. The number of rotatable bonds is 12. The maximum absolute atomic E-state index is 10.6. The zero-order chi connectivity index (χ0) is 12.8. The van der Waals surface area contributed by atoms with E-state index in [4.69, 9.17) is 5.26 Å². The Morgan fingerprint density at radius 3 is 1.79 bits per heavy atom. The van der Waals surface area contributed by atoms with Crippen molar-refractivity contribution in [3.05, 3.63) is 0 Å². The first kappa shape index (κ1) is 25.9. The van der Waals surface area contributed by atoms with Crippen LogP contribution in [0.15, 0.2) is 0 Å². The van der Waals surface area contributed by atoms with Crippen molar-refractivity contribution in [3.8, 4) is 0 Å². The first-order valence-electron chi connectivity index (χ1n) is 6.40. The van der Waals surface area contributed by atoms with E-state index in [9.17, 15) is 10.1 Å². The van der Waals surface area contributed by atoms with E-state index in [1.807, 2.05) is 0 Å². The van der Waals surface area contributed by atoms with Crippen molar-refractivity contribution in [1.29, 1.82) is 0 Å². The topological polar surface area (TPSA) is 78.8 Å². The van der Waals surface area contributed by atoms with Crippen molar-refractivity contribution in [2.45, 2.75) is 64.2 Å². The van der Waals surface area contributed by atoms with Gasteiger partial charge in [0.05, 0.1) is 0 Å². The van der Waals surface area contributed by atoms with Gasteiger partial charge in [-0.3, -0.25) is 0 Å². The molecule has 0 aromatic rings. The van der Waals surface area contributed by atoms with Gasteiger partial charge >= 0.3 is 86.9 Å². The van der Waals surface area contributed by atoms with Crippen LogP contribution in [0.3, 0.4) is 0 Å². The molecule has 1 N–H and O–H groups in total. The van der Waals surface area contributed by atoms with Gasteiger partial charge in [-0.05, 0) is 12.8 Å². The molecule has 0 spiro atoms. The Morgan fingerprint density at radius 2 is 1.37 bits per heavy atom. The summed E-state index contributed by atoms with van der Waals surface area (Å²) in [6.07, 6.45) is 9.82. The predicted molar refractivity (Wildman–Crippen MR) is 62.0 cm³/mol. The first-order valence-corrected chi connectivity index (χ1v) is 6.40. The van der Waals surface area contributed by atoms with Crippen molar-refractivity contribution in [1.82, 2.24) is 0 Å². The average molecular weight is 310 g/mol. The standard InChI is InChI=1S/C12H24O5.K.Na.H/c13-12(17-15)10-8-6-4-2-1-3-5-7-9-11-16-14;;;/h14-15H,1-11H2;;;/q;2*+1;-1/p-1. The smallest absolute Gasteiger partial charge is 1.00 e. The normalized spacial score (nSPS) is 9.37. The van der Waals surface area contributed by atoms with E-state index in [2.05, 4.69) is 9.78 Å². The number of carbonyl (C=O) groups excluding carboxylic acids is 1. The molecule has 0 saturated carbocycles. The van der Waals surface area contributed by atoms with Gasteiger partial charge in [0.15, 0.2) is 0 Å². The quantitative estimate of drug-likeness (QED) is 0.174. The van der Waals surface area contributed by atoms with Crippen molar-refractivity contribution in [3.63, 3.8) is 0 Å². The summed E-state index contributed by atoms with van der Waals surface area (Å²) in [5.41, 5.74) is 0. The second-order valence-electron chi connectivity index (χ2n) is 4.22. The summed E-state index contributed by atoms with van der Waals surface area (Å²) in [5, 5.41) is 17.7. The minimum atomic E-state index is -0.550. The second kappa shape index (κ2) is 22.3. The van der Waals surface area contributed by atoms with Crippen LogP contribution in [0.25, 0.3) is 0 Å². The predicted octanol–water partition coefficient (Wildman–Crippen LogP) is -3.68. The summed E-state index contributed by atoms with van der Waals surface area (Å²) >= 11 is 0. The number of unbranched alkanes of at least 4 members (excludes halogenated alkanes) is 8. The molecular formula is C12H24KNaO5. The fraction of sp³-hybridized carbons (Fsp3) is 0.917. The third kappa shape index (κ3) is 22.4. The molecule has 0 aliphatic rings. The molecule has 0 radical (unpaired) electrons. The maximum atomic E-state index is 10.6. The van der Waals surface area contributed by atoms with Crippen LogP contribution >= 0.6 is 0 Å². The minimum Gasteiger partial charge on any atom is -1.00 e. The van der Waals surface area contributed by atoms with Crippen molar-refractivity contribution in [2.75, 3.05) is 6.61 Å². The van der Waals surface area contributed by atoms with E-state index < -0.39 is 5.97 Å². The Labute approximate surface area is 181 Å². The first-order chi connectivity index (χ1) is 8.31. The Morgan fingerprint density at radius 1 is 0.947 bits per heavy atom. The second-order valence-corrected chi connectivity index (χ2v) is 4.22. The zero-order valence-corrected chi connectivity index (χ0v) is 17.5. The summed E-state index contributed by atoms with van der Waals surface area (Å²) in [6.45, 7) is 0.320. The van der Waals surface area contributed by atoms with Crippen LogP contribution in [0.4, 0.5) is 0 Å². The van der Waals surface area contributed by atoms with Crippen molar-refractivity contribution in [2.24, 2.45) is 0 Å². The molecule has 0 aromatic carbocycles. The molecule has 19 heavy (non-hydrogen) atoms. The van der Waals surface area contributed by atoms with Gasteiger partial charge in [-0.15, -0.1) is 0 Å². The van der Waals surface area contributed by atoms with E-state index in [1.165, 1.54) is 19.3 Å². The molecule has 0 amide bonds. The van der Waals surface area contributed by atoms with Crippen LogP contribution in [0.5, 0.6) is 0 Å². The molecule has 0 fully saturated rings. The molecule has 0 aromatic heterocycles. The van der Waals surface area contributed by atoms with Gasteiger partial charge in [0, 0.05) is 13.0 Å². The maximum Gasteiger partial charge on any atom is 1.00 e. The SMILES string of the molecule is O=C(CCCCCCCCCCCO[O-])OO.[H-].[K+].[Na+].